The molecule has 0 saturated carbocycles. The predicted octanol–water partition coefficient (Wildman–Crippen LogP) is 9.50. The van der Waals surface area contributed by atoms with Crippen LogP contribution in [0.2, 0.25) is 0 Å². The molecule has 0 aliphatic heterocycles. The van der Waals surface area contributed by atoms with Gasteiger partial charge in [0, 0.05) is 12.8 Å². The molecule has 0 aromatic heterocycles. The number of carbonyl (C=O) groups is 2. The zero-order valence-electron chi connectivity index (χ0n) is 30.7. The minimum Gasteiger partial charge on any atom is -0.457 e. The van der Waals surface area contributed by atoms with E-state index in [9.17, 15) is 29.3 Å². The van der Waals surface area contributed by atoms with Crippen molar-refractivity contribution >= 4 is 19.8 Å². The first-order valence-corrected chi connectivity index (χ1v) is 21.0. The number of hydrogen-bond acceptors (Lipinski definition) is 9. The van der Waals surface area contributed by atoms with Crippen molar-refractivity contribution in [2.24, 2.45) is 0 Å². The molecule has 10 nitrogen and oxygen atoms in total. The minimum atomic E-state index is -4.61. The van der Waals surface area contributed by atoms with E-state index in [-0.39, 0.29) is 12.8 Å². The summed E-state index contributed by atoms with van der Waals surface area (Å²) >= 11 is 0. The van der Waals surface area contributed by atoms with Gasteiger partial charge in [-0.2, -0.15) is 0 Å². The Bertz CT molecular complexity index is 781. The number of hydrogen-bond donors (Lipinski definition) is 3. The SMILES string of the molecule is CCCCCCCCCCCCCCCCCCCCCCC(=O)OC(CO)COP(=O)(O)OCC(CO)OC(=O)CCCCCCC. The summed E-state index contributed by atoms with van der Waals surface area (Å²) in [6.45, 7) is 2.11. The highest BCUT2D eigenvalue weighted by molar-refractivity contribution is 7.47. The van der Waals surface area contributed by atoms with Crippen molar-refractivity contribution in [3.05, 3.63) is 0 Å². The first-order chi connectivity index (χ1) is 23.3. The summed E-state index contributed by atoms with van der Waals surface area (Å²) in [6.07, 6.45) is 28.6. The molecule has 0 bridgehead atoms. The molecule has 0 radical (unpaired) electrons. The first kappa shape index (κ1) is 47.0. The van der Waals surface area contributed by atoms with Crippen molar-refractivity contribution in [1.29, 1.82) is 0 Å². The largest absolute Gasteiger partial charge is 0.472 e. The molecular weight excluding hydrogens is 635 g/mol. The van der Waals surface area contributed by atoms with E-state index in [1.54, 1.807) is 0 Å². The van der Waals surface area contributed by atoms with Crippen LogP contribution >= 0.6 is 7.82 Å². The van der Waals surface area contributed by atoms with Crippen LogP contribution in [0, 0.1) is 0 Å². The third-order valence-corrected chi connectivity index (χ3v) is 9.52. The Hall–Kier alpha value is -1.03. The van der Waals surface area contributed by atoms with Crippen LogP contribution in [-0.2, 0) is 32.7 Å². The van der Waals surface area contributed by atoms with Crippen LogP contribution in [-0.4, -0.2) is 65.7 Å². The molecule has 48 heavy (non-hydrogen) atoms. The number of phosphoric acid groups is 1. The fourth-order valence-corrected chi connectivity index (χ4v) is 6.31. The lowest BCUT2D eigenvalue weighted by Crippen LogP contribution is -2.28. The standard InChI is InChI=1S/C37H73O10P/c1-3-5-7-9-10-11-12-13-14-15-16-17-18-19-20-21-22-23-25-27-29-37(41)47-35(31-39)33-45-48(42,43)44-32-34(30-38)46-36(40)28-26-24-8-6-4-2/h34-35,38-39H,3-33H2,1-2H3,(H,42,43). The van der Waals surface area contributed by atoms with Crippen molar-refractivity contribution in [2.75, 3.05) is 26.4 Å². The highest BCUT2D eigenvalue weighted by Gasteiger charge is 2.27. The maximum Gasteiger partial charge on any atom is 0.472 e. The van der Waals surface area contributed by atoms with Gasteiger partial charge in [0.1, 0.15) is 12.2 Å². The Morgan fingerprint density at radius 3 is 0.979 bits per heavy atom. The number of rotatable bonds is 37. The molecule has 0 rings (SSSR count). The van der Waals surface area contributed by atoms with E-state index in [1.165, 1.54) is 103 Å². The van der Waals surface area contributed by atoms with Gasteiger partial charge < -0.3 is 24.6 Å². The summed E-state index contributed by atoms with van der Waals surface area (Å²) in [6, 6.07) is 0. The van der Waals surface area contributed by atoms with Crippen molar-refractivity contribution in [1.82, 2.24) is 0 Å². The Balaban J connectivity index is 3.80. The van der Waals surface area contributed by atoms with Crippen molar-refractivity contribution < 1.29 is 47.8 Å². The van der Waals surface area contributed by atoms with Gasteiger partial charge in [-0.05, 0) is 12.8 Å². The van der Waals surface area contributed by atoms with Crippen molar-refractivity contribution in [3.63, 3.8) is 0 Å². The second kappa shape index (κ2) is 34.4. The van der Waals surface area contributed by atoms with Crippen LogP contribution in [0.1, 0.15) is 187 Å². The average molecular weight is 709 g/mol. The van der Waals surface area contributed by atoms with Crippen LogP contribution in [0.4, 0.5) is 0 Å². The summed E-state index contributed by atoms with van der Waals surface area (Å²) in [5.41, 5.74) is 0. The van der Waals surface area contributed by atoms with Crippen LogP contribution < -0.4 is 0 Å². The van der Waals surface area contributed by atoms with Gasteiger partial charge in [-0.1, -0.05) is 162 Å². The van der Waals surface area contributed by atoms with Gasteiger partial charge in [-0.3, -0.25) is 18.6 Å². The highest BCUT2D eigenvalue weighted by Crippen LogP contribution is 2.43. The molecule has 0 fully saturated rings. The highest BCUT2D eigenvalue weighted by atomic mass is 31.2. The Kier molecular flexibility index (Phi) is 33.7. The maximum atomic E-state index is 12.2. The van der Waals surface area contributed by atoms with Gasteiger partial charge in [0.2, 0.25) is 0 Å². The lowest BCUT2D eigenvalue weighted by atomic mass is 10.0. The smallest absolute Gasteiger partial charge is 0.457 e. The van der Waals surface area contributed by atoms with Crippen molar-refractivity contribution in [2.45, 2.75) is 199 Å². The fraction of sp³-hybridized carbons (Fsp3) is 0.946. The lowest BCUT2D eigenvalue weighted by molar-refractivity contribution is -0.153. The topological polar surface area (TPSA) is 149 Å². The molecule has 0 aromatic carbocycles. The summed E-state index contributed by atoms with van der Waals surface area (Å²) in [7, 11) is -4.61. The van der Waals surface area contributed by atoms with E-state index in [0.29, 0.717) is 12.8 Å². The minimum absolute atomic E-state index is 0.191. The lowest BCUT2D eigenvalue weighted by Gasteiger charge is -2.20. The molecule has 0 amide bonds. The first-order valence-electron chi connectivity index (χ1n) is 19.5. The molecule has 0 saturated heterocycles. The zero-order valence-corrected chi connectivity index (χ0v) is 31.6. The number of carbonyl (C=O) groups excluding carboxylic acids is 2. The van der Waals surface area contributed by atoms with Gasteiger partial charge >= 0.3 is 19.8 Å². The van der Waals surface area contributed by atoms with Crippen LogP contribution in [0.15, 0.2) is 0 Å². The summed E-state index contributed by atoms with van der Waals surface area (Å²) < 4.78 is 32.2. The monoisotopic (exact) mass is 708 g/mol. The summed E-state index contributed by atoms with van der Waals surface area (Å²) in [4.78, 5) is 34.1. The van der Waals surface area contributed by atoms with E-state index >= 15 is 0 Å². The normalized spacial score (nSPS) is 14.0. The molecular formula is C37H73O10P. The second-order valence-electron chi connectivity index (χ2n) is 13.3. The van der Waals surface area contributed by atoms with Gasteiger partial charge in [-0.15, -0.1) is 0 Å². The van der Waals surface area contributed by atoms with Crippen LogP contribution in [0.25, 0.3) is 0 Å². The molecule has 0 aromatic rings. The Labute approximate surface area is 293 Å². The molecule has 0 spiro atoms. The molecule has 0 aliphatic carbocycles. The zero-order chi connectivity index (χ0) is 35.6. The summed E-state index contributed by atoms with van der Waals surface area (Å²) in [5, 5.41) is 19.0. The van der Waals surface area contributed by atoms with E-state index in [2.05, 4.69) is 13.8 Å². The van der Waals surface area contributed by atoms with Gasteiger partial charge in [0.05, 0.1) is 26.4 Å². The van der Waals surface area contributed by atoms with E-state index in [1.807, 2.05) is 0 Å². The third-order valence-electron chi connectivity index (χ3n) is 8.57. The van der Waals surface area contributed by atoms with Crippen molar-refractivity contribution in [3.8, 4) is 0 Å². The maximum absolute atomic E-state index is 12.2. The predicted molar refractivity (Wildman–Crippen MR) is 192 cm³/mol. The molecule has 3 unspecified atom stereocenters. The van der Waals surface area contributed by atoms with Gasteiger partial charge in [0.15, 0.2) is 0 Å². The van der Waals surface area contributed by atoms with Crippen LogP contribution in [0.3, 0.4) is 0 Å². The molecule has 3 atom stereocenters. The number of unbranched alkanes of at least 4 members (excludes halogenated alkanes) is 23. The Morgan fingerprint density at radius 2 is 0.729 bits per heavy atom. The van der Waals surface area contributed by atoms with Gasteiger partial charge in [-0.25, -0.2) is 4.57 Å². The van der Waals surface area contributed by atoms with E-state index in [0.717, 1.165) is 44.9 Å². The van der Waals surface area contributed by atoms with Gasteiger partial charge in [0.25, 0.3) is 0 Å². The second-order valence-corrected chi connectivity index (χ2v) is 14.7. The molecule has 0 heterocycles. The summed E-state index contributed by atoms with van der Waals surface area (Å²) in [5.74, 6) is -1.02. The number of aliphatic hydroxyl groups excluding tert-OH is 2. The number of ether oxygens (including phenoxy) is 2. The fourth-order valence-electron chi connectivity index (χ4n) is 5.53. The third kappa shape index (κ3) is 32.2. The quantitative estimate of drug-likeness (QED) is 0.0324. The van der Waals surface area contributed by atoms with Crippen LogP contribution in [0.5, 0.6) is 0 Å². The molecule has 286 valence electrons. The average Bonchev–Trinajstić information content (AvgIpc) is 3.07. The molecule has 0 aliphatic rings. The molecule has 11 heteroatoms. The van der Waals surface area contributed by atoms with E-state index in [4.69, 9.17) is 18.5 Å². The number of aliphatic hydroxyl groups is 2. The number of esters is 2. The number of phosphoric ester groups is 1. The Morgan fingerprint density at radius 1 is 0.479 bits per heavy atom. The van der Waals surface area contributed by atoms with E-state index < -0.39 is 58.4 Å². The molecule has 3 N–H and O–H groups in total.